The van der Waals surface area contributed by atoms with Crippen molar-refractivity contribution in [2.45, 2.75) is 0 Å². The number of tetrazole rings is 1. The molecular weight excluding hydrogens is 180 g/mol. The van der Waals surface area contributed by atoms with E-state index in [9.17, 15) is 0 Å². The van der Waals surface area contributed by atoms with Crippen molar-refractivity contribution in [3.63, 3.8) is 0 Å². The summed E-state index contributed by atoms with van der Waals surface area (Å²) in [5.74, 6) is 5.19. The number of nitrogens with zero attached hydrogens (tertiary/aromatic N) is 6. The Balaban J connectivity index is 2.52. The second kappa shape index (κ2) is 2.67. The van der Waals surface area contributed by atoms with Crippen molar-refractivity contribution in [3.8, 4) is 11.5 Å². The number of hydrogen-bond acceptors (Lipinski definition) is 9. The van der Waals surface area contributed by atoms with Crippen LogP contribution in [0.3, 0.4) is 0 Å². The first-order valence-corrected chi connectivity index (χ1v) is 3.10. The number of rotatable bonds is 2. The Labute approximate surface area is 70.2 Å². The number of nitrogens with two attached hydrogens (primary N) is 1. The van der Waals surface area contributed by atoms with Crippen molar-refractivity contribution in [3.05, 3.63) is 0 Å². The molecule has 0 aliphatic heterocycles. The van der Waals surface area contributed by atoms with Gasteiger partial charge in [-0.2, -0.15) is 0 Å². The molecule has 0 spiro atoms. The van der Waals surface area contributed by atoms with Crippen LogP contribution in [-0.4, -0.2) is 35.9 Å². The average molecular weight is 184 g/mol. The van der Waals surface area contributed by atoms with Gasteiger partial charge in [-0.05, 0) is 20.7 Å². The molecule has 0 fully saturated rings. The van der Waals surface area contributed by atoms with Crippen LogP contribution >= 0.6 is 0 Å². The maximum atomic E-state index is 9.04. The predicted octanol–water partition coefficient (Wildman–Crippen LogP) is -1.75. The lowest BCUT2D eigenvalue weighted by Crippen LogP contribution is -2.09. The first kappa shape index (κ1) is 7.42. The first-order chi connectivity index (χ1) is 6.33. The summed E-state index contributed by atoms with van der Waals surface area (Å²) in [6.45, 7) is 0. The summed E-state index contributed by atoms with van der Waals surface area (Å²) in [6, 6.07) is 0. The molecule has 10 nitrogen and oxygen atoms in total. The van der Waals surface area contributed by atoms with Crippen LogP contribution in [-0.2, 0) is 0 Å². The minimum absolute atomic E-state index is 0.0193. The fourth-order valence-corrected chi connectivity index (χ4v) is 0.755. The largest absolute Gasteiger partial charge is 0.409 e. The zero-order chi connectivity index (χ0) is 9.26. The highest BCUT2D eigenvalue weighted by Crippen LogP contribution is 2.18. The summed E-state index contributed by atoms with van der Waals surface area (Å²) in [5.41, 5.74) is 2.32. The summed E-state index contributed by atoms with van der Waals surface area (Å²) in [7, 11) is 0. The second-order valence-corrected chi connectivity index (χ2v) is 2.00. The quantitative estimate of drug-likeness (QED) is 0.281. The van der Waals surface area contributed by atoms with Gasteiger partial charge in [0.25, 0.3) is 0 Å². The van der Waals surface area contributed by atoms with Gasteiger partial charge in [0, 0.05) is 0 Å². The molecule has 0 aliphatic rings. The number of nitrogen functional groups attached to an aromatic ring is 1. The van der Waals surface area contributed by atoms with E-state index < -0.39 is 0 Å². The summed E-state index contributed by atoms with van der Waals surface area (Å²) < 4.78 is 4.35. The van der Waals surface area contributed by atoms with Crippen LogP contribution in [0.4, 0.5) is 5.82 Å². The van der Waals surface area contributed by atoms with Crippen LogP contribution < -0.4 is 11.3 Å². The normalized spacial score (nSPS) is 10.2. The molecule has 0 aromatic carbocycles. The molecule has 10 heteroatoms. The number of nitrogens with one attached hydrogen (secondary N) is 1. The Morgan fingerprint density at radius 3 is 2.92 bits per heavy atom. The maximum Gasteiger partial charge on any atom is 0.248 e. The molecule has 0 bridgehead atoms. The van der Waals surface area contributed by atoms with E-state index in [1.807, 2.05) is 0 Å². The number of hydrogen-bond donors (Lipinski definition) is 3. The van der Waals surface area contributed by atoms with E-state index in [1.54, 1.807) is 0 Å². The highest BCUT2D eigenvalue weighted by Gasteiger charge is 2.18. The second-order valence-electron chi connectivity index (χ2n) is 2.00. The summed E-state index contributed by atoms with van der Waals surface area (Å²) >= 11 is 0. The molecule has 2 aromatic rings. The van der Waals surface area contributed by atoms with Gasteiger partial charge in [0.1, 0.15) is 0 Å². The van der Waals surface area contributed by atoms with Gasteiger partial charge in [0.2, 0.25) is 17.3 Å². The number of anilines is 1. The lowest BCUT2D eigenvalue weighted by Gasteiger charge is -1.93. The smallest absolute Gasteiger partial charge is 0.248 e. The van der Waals surface area contributed by atoms with Gasteiger partial charge in [-0.25, -0.2) is 10.5 Å². The first-order valence-electron chi connectivity index (χ1n) is 3.10. The van der Waals surface area contributed by atoms with Crippen molar-refractivity contribution in [2.24, 2.45) is 5.84 Å². The third-order valence-electron chi connectivity index (χ3n) is 1.29. The number of hydrazine groups is 1. The van der Waals surface area contributed by atoms with Gasteiger partial charge in [0.15, 0.2) is 0 Å². The molecule has 68 valence electrons. The minimum atomic E-state index is -0.0193. The maximum absolute atomic E-state index is 9.04. The van der Waals surface area contributed by atoms with Gasteiger partial charge in [-0.1, -0.05) is 4.85 Å². The molecule has 0 saturated carbocycles. The Hall–Kier alpha value is -2.23. The molecule has 0 amide bonds. The van der Waals surface area contributed by atoms with Crippen molar-refractivity contribution in [1.29, 1.82) is 0 Å². The Kier molecular flexibility index (Phi) is 1.53. The molecule has 0 aliphatic carbocycles. The zero-order valence-electron chi connectivity index (χ0n) is 6.12. The van der Waals surface area contributed by atoms with Crippen LogP contribution in [0, 0.1) is 0 Å². The van der Waals surface area contributed by atoms with Gasteiger partial charge in [0.05, 0.1) is 0 Å². The van der Waals surface area contributed by atoms with E-state index in [2.05, 4.69) is 35.9 Å². The van der Waals surface area contributed by atoms with E-state index in [0.717, 1.165) is 0 Å². The van der Waals surface area contributed by atoms with Crippen LogP contribution in [0.1, 0.15) is 0 Å². The molecule has 0 saturated heterocycles. The fourth-order valence-electron chi connectivity index (χ4n) is 0.755. The summed E-state index contributed by atoms with van der Waals surface area (Å²) in [6.07, 6.45) is 0. The Bertz CT molecular complexity index is 405. The van der Waals surface area contributed by atoms with Gasteiger partial charge >= 0.3 is 0 Å². The van der Waals surface area contributed by atoms with Crippen LogP contribution in [0.15, 0.2) is 4.63 Å². The lowest BCUT2D eigenvalue weighted by atomic mass is 10.4. The standard InChI is InChI=1S/C3H4N8O2/c4-5-2-1(7-13-8-2)3-6-9-10-11(3)12/h12H,4H2,(H,5,8). The van der Waals surface area contributed by atoms with E-state index in [-0.39, 0.29) is 17.3 Å². The Morgan fingerprint density at radius 2 is 2.31 bits per heavy atom. The molecule has 4 N–H and O–H groups in total. The van der Waals surface area contributed by atoms with Gasteiger partial charge < -0.3 is 10.6 Å². The molecule has 0 unspecified atom stereocenters. The van der Waals surface area contributed by atoms with E-state index in [1.165, 1.54) is 0 Å². The highest BCUT2D eigenvalue weighted by atomic mass is 16.6. The number of aromatic nitrogens is 6. The average Bonchev–Trinajstić information content (AvgIpc) is 2.71. The molecular formula is C3H4N8O2. The molecule has 13 heavy (non-hydrogen) atoms. The van der Waals surface area contributed by atoms with Gasteiger partial charge in [-0.3, -0.25) is 0 Å². The van der Waals surface area contributed by atoms with Crippen LogP contribution in [0.25, 0.3) is 11.5 Å². The molecule has 0 radical (unpaired) electrons. The van der Waals surface area contributed by atoms with Crippen molar-refractivity contribution >= 4 is 5.82 Å². The van der Waals surface area contributed by atoms with Crippen LogP contribution in [0.5, 0.6) is 0 Å². The van der Waals surface area contributed by atoms with Crippen molar-refractivity contribution in [2.75, 3.05) is 5.43 Å². The fraction of sp³-hybridized carbons (Fsp3) is 0. The molecule has 2 heterocycles. The van der Waals surface area contributed by atoms with Crippen molar-refractivity contribution < 1.29 is 9.84 Å². The van der Waals surface area contributed by atoms with E-state index in [4.69, 9.17) is 11.0 Å². The zero-order valence-corrected chi connectivity index (χ0v) is 6.12. The van der Waals surface area contributed by atoms with E-state index in [0.29, 0.717) is 4.85 Å². The van der Waals surface area contributed by atoms with Gasteiger partial charge in [-0.15, -0.1) is 5.10 Å². The third-order valence-corrected chi connectivity index (χ3v) is 1.29. The predicted molar refractivity (Wildman–Crippen MR) is 36.1 cm³/mol. The topological polar surface area (TPSA) is 141 Å². The lowest BCUT2D eigenvalue weighted by molar-refractivity contribution is 0.146. The Morgan fingerprint density at radius 1 is 1.46 bits per heavy atom. The highest BCUT2D eigenvalue weighted by molar-refractivity contribution is 5.63. The third kappa shape index (κ3) is 1.04. The van der Waals surface area contributed by atoms with Crippen molar-refractivity contribution in [1.82, 2.24) is 30.7 Å². The summed E-state index contributed by atoms with van der Waals surface area (Å²) in [5, 5.41) is 25.7. The summed E-state index contributed by atoms with van der Waals surface area (Å²) in [4.78, 5) is 0.431. The molecule has 0 atom stereocenters. The monoisotopic (exact) mass is 184 g/mol. The minimum Gasteiger partial charge on any atom is -0.409 e. The van der Waals surface area contributed by atoms with Crippen LogP contribution in [0.2, 0.25) is 0 Å². The molecule has 2 rings (SSSR count). The van der Waals surface area contributed by atoms with E-state index >= 15 is 0 Å². The molecule has 2 aromatic heterocycles. The SMILES string of the molecule is NNc1nonc1-c1nnnn1O.